The lowest BCUT2D eigenvalue weighted by molar-refractivity contribution is 0.0692. The summed E-state index contributed by atoms with van der Waals surface area (Å²) in [5.41, 5.74) is 0.287. The quantitative estimate of drug-likeness (QED) is 0.835. The maximum Gasteiger partial charge on any atom is 0.338 e. The van der Waals surface area contributed by atoms with E-state index in [2.05, 4.69) is 16.8 Å². The van der Waals surface area contributed by atoms with Crippen LogP contribution in [0, 0.1) is 0 Å². The van der Waals surface area contributed by atoms with Crippen LogP contribution in [0.4, 0.5) is 5.82 Å². The number of carbonyl (C=O) groups is 1. The minimum absolute atomic E-state index is 0.287. The summed E-state index contributed by atoms with van der Waals surface area (Å²) in [6.45, 7) is 5.06. The number of morpholine rings is 1. The van der Waals surface area contributed by atoms with E-state index in [1.807, 2.05) is 0 Å². The monoisotopic (exact) mass is 282 g/mol. The fourth-order valence-electron chi connectivity index (χ4n) is 1.87. The second-order valence-corrected chi connectivity index (χ2v) is 5.36. The lowest BCUT2D eigenvalue weighted by Crippen LogP contribution is -2.36. The van der Waals surface area contributed by atoms with Gasteiger partial charge in [0, 0.05) is 13.1 Å². The molecule has 0 aliphatic carbocycles. The number of pyridine rings is 1. The summed E-state index contributed by atoms with van der Waals surface area (Å²) >= 11 is 1.50. The second-order valence-electron chi connectivity index (χ2n) is 4.28. The molecule has 5 nitrogen and oxygen atoms in total. The van der Waals surface area contributed by atoms with Gasteiger partial charge in [-0.3, -0.25) is 0 Å². The molecule has 0 radical (unpaired) electrons. The molecule has 1 fully saturated rings. The van der Waals surface area contributed by atoms with Gasteiger partial charge in [0.2, 0.25) is 0 Å². The third-order valence-electron chi connectivity index (χ3n) is 2.85. The van der Waals surface area contributed by atoms with Gasteiger partial charge in [0.1, 0.15) is 10.8 Å². The van der Waals surface area contributed by atoms with Gasteiger partial charge in [-0.2, -0.15) is 0 Å². The fourth-order valence-corrected chi connectivity index (χ4v) is 2.74. The van der Waals surface area contributed by atoms with Gasteiger partial charge in [-0.25, -0.2) is 9.78 Å². The first-order chi connectivity index (χ1) is 9.22. The van der Waals surface area contributed by atoms with Crippen molar-refractivity contribution in [3.05, 3.63) is 17.7 Å². The van der Waals surface area contributed by atoms with Crippen molar-refractivity contribution >= 4 is 23.5 Å². The van der Waals surface area contributed by atoms with Crippen molar-refractivity contribution in [1.29, 1.82) is 0 Å². The van der Waals surface area contributed by atoms with E-state index < -0.39 is 5.97 Å². The highest BCUT2D eigenvalue weighted by Gasteiger charge is 2.17. The molecule has 2 heterocycles. The lowest BCUT2D eigenvalue weighted by atomic mass is 10.2. The number of rotatable bonds is 5. The van der Waals surface area contributed by atoms with E-state index in [9.17, 15) is 9.90 Å². The molecule has 0 saturated carbocycles. The molecule has 1 aliphatic rings. The number of carboxylic acids is 1. The van der Waals surface area contributed by atoms with Crippen LogP contribution >= 0.6 is 11.8 Å². The average molecular weight is 282 g/mol. The first-order valence-electron chi connectivity index (χ1n) is 6.42. The Kier molecular flexibility index (Phi) is 5.04. The maximum absolute atomic E-state index is 11.2. The predicted molar refractivity (Wildman–Crippen MR) is 75.2 cm³/mol. The molecule has 0 aromatic carbocycles. The molecule has 0 spiro atoms. The number of carboxylic acid groups (broad SMARTS) is 1. The van der Waals surface area contributed by atoms with Crippen LogP contribution in [0.1, 0.15) is 23.7 Å². The maximum atomic E-state index is 11.2. The molecule has 1 aliphatic heterocycles. The SMILES string of the molecule is CCCSc1nc(N2CCOCC2)ccc1C(=O)O. The topological polar surface area (TPSA) is 62.7 Å². The summed E-state index contributed by atoms with van der Waals surface area (Å²) in [5, 5.41) is 9.79. The van der Waals surface area contributed by atoms with E-state index in [4.69, 9.17) is 4.74 Å². The minimum atomic E-state index is -0.917. The fraction of sp³-hybridized carbons (Fsp3) is 0.538. The summed E-state index contributed by atoms with van der Waals surface area (Å²) in [6.07, 6.45) is 0.993. The Hall–Kier alpha value is -1.27. The molecule has 6 heteroatoms. The van der Waals surface area contributed by atoms with Crippen LogP contribution in [0.25, 0.3) is 0 Å². The normalized spacial score (nSPS) is 15.5. The third-order valence-corrected chi connectivity index (χ3v) is 4.05. The zero-order chi connectivity index (χ0) is 13.7. The highest BCUT2D eigenvalue weighted by molar-refractivity contribution is 7.99. The summed E-state index contributed by atoms with van der Waals surface area (Å²) in [4.78, 5) is 17.8. The molecule has 19 heavy (non-hydrogen) atoms. The Balaban J connectivity index is 2.23. The van der Waals surface area contributed by atoms with Crippen LogP contribution in [0.15, 0.2) is 17.2 Å². The Labute approximate surface area is 117 Å². The standard InChI is InChI=1S/C13H18N2O3S/c1-2-9-19-12-10(13(16)17)3-4-11(14-12)15-5-7-18-8-6-15/h3-4H,2,5-9H2,1H3,(H,16,17). The zero-order valence-corrected chi connectivity index (χ0v) is 11.8. The zero-order valence-electron chi connectivity index (χ0n) is 11.0. The van der Waals surface area contributed by atoms with E-state index in [1.54, 1.807) is 12.1 Å². The Morgan fingerprint density at radius 2 is 2.21 bits per heavy atom. The number of aromatic nitrogens is 1. The van der Waals surface area contributed by atoms with Crippen LogP contribution in [0.3, 0.4) is 0 Å². The highest BCUT2D eigenvalue weighted by atomic mass is 32.2. The Morgan fingerprint density at radius 1 is 1.47 bits per heavy atom. The molecule has 1 aromatic rings. The van der Waals surface area contributed by atoms with E-state index in [0.29, 0.717) is 18.2 Å². The van der Waals surface area contributed by atoms with Gasteiger partial charge in [-0.1, -0.05) is 6.92 Å². The molecule has 0 amide bonds. The number of hydrogen-bond donors (Lipinski definition) is 1. The molecule has 104 valence electrons. The molecule has 0 bridgehead atoms. The molecule has 2 rings (SSSR count). The van der Waals surface area contributed by atoms with Crippen molar-refractivity contribution in [1.82, 2.24) is 4.98 Å². The first kappa shape index (κ1) is 14.1. The summed E-state index contributed by atoms with van der Waals surface area (Å²) < 4.78 is 5.31. The molecule has 0 atom stereocenters. The first-order valence-corrected chi connectivity index (χ1v) is 7.40. The largest absolute Gasteiger partial charge is 0.478 e. The van der Waals surface area contributed by atoms with E-state index in [-0.39, 0.29) is 5.56 Å². The average Bonchev–Trinajstić information content (AvgIpc) is 2.45. The van der Waals surface area contributed by atoms with Gasteiger partial charge in [0.15, 0.2) is 0 Å². The van der Waals surface area contributed by atoms with Crippen LogP contribution in [-0.2, 0) is 4.74 Å². The highest BCUT2D eigenvalue weighted by Crippen LogP contribution is 2.25. The van der Waals surface area contributed by atoms with Crippen molar-refractivity contribution < 1.29 is 14.6 Å². The van der Waals surface area contributed by atoms with Crippen molar-refractivity contribution in [2.75, 3.05) is 37.0 Å². The van der Waals surface area contributed by atoms with Crippen molar-refractivity contribution in [2.24, 2.45) is 0 Å². The van der Waals surface area contributed by atoms with Crippen LogP contribution in [0.5, 0.6) is 0 Å². The van der Waals surface area contributed by atoms with Gasteiger partial charge < -0.3 is 14.7 Å². The minimum Gasteiger partial charge on any atom is -0.478 e. The van der Waals surface area contributed by atoms with Crippen molar-refractivity contribution in [3.63, 3.8) is 0 Å². The Bertz CT molecular complexity index is 448. The summed E-state index contributed by atoms with van der Waals surface area (Å²) in [5.74, 6) is 0.798. The van der Waals surface area contributed by atoms with E-state index in [1.165, 1.54) is 11.8 Å². The molecular weight excluding hydrogens is 264 g/mol. The second kappa shape index (κ2) is 6.77. The van der Waals surface area contributed by atoms with E-state index in [0.717, 1.165) is 31.1 Å². The van der Waals surface area contributed by atoms with Gasteiger partial charge >= 0.3 is 5.97 Å². The van der Waals surface area contributed by atoms with Gasteiger partial charge in [0.25, 0.3) is 0 Å². The lowest BCUT2D eigenvalue weighted by Gasteiger charge is -2.28. The molecule has 1 aromatic heterocycles. The van der Waals surface area contributed by atoms with E-state index >= 15 is 0 Å². The number of hydrogen-bond acceptors (Lipinski definition) is 5. The third kappa shape index (κ3) is 3.61. The van der Waals surface area contributed by atoms with Crippen LogP contribution in [-0.4, -0.2) is 48.1 Å². The predicted octanol–water partition coefficient (Wildman–Crippen LogP) is 2.12. The van der Waals surface area contributed by atoms with Crippen molar-refractivity contribution in [3.8, 4) is 0 Å². The van der Waals surface area contributed by atoms with Gasteiger partial charge in [-0.05, 0) is 24.3 Å². The van der Waals surface area contributed by atoms with Crippen LogP contribution < -0.4 is 4.90 Å². The summed E-state index contributed by atoms with van der Waals surface area (Å²) in [7, 11) is 0. The van der Waals surface area contributed by atoms with Crippen molar-refractivity contribution in [2.45, 2.75) is 18.4 Å². The number of ether oxygens (including phenoxy) is 1. The number of aromatic carboxylic acids is 1. The van der Waals surface area contributed by atoms with Gasteiger partial charge in [0.05, 0.1) is 18.8 Å². The number of thioether (sulfide) groups is 1. The number of nitrogens with zero attached hydrogens (tertiary/aromatic N) is 2. The van der Waals surface area contributed by atoms with Crippen LogP contribution in [0.2, 0.25) is 0 Å². The van der Waals surface area contributed by atoms with Gasteiger partial charge in [-0.15, -0.1) is 11.8 Å². The summed E-state index contributed by atoms with van der Waals surface area (Å²) in [6, 6.07) is 3.43. The number of anilines is 1. The Morgan fingerprint density at radius 3 is 2.84 bits per heavy atom. The molecule has 1 saturated heterocycles. The molecule has 0 unspecified atom stereocenters. The molecular formula is C13H18N2O3S. The smallest absolute Gasteiger partial charge is 0.338 e. The molecule has 1 N–H and O–H groups in total.